The first-order chi connectivity index (χ1) is 12.5. The van der Waals surface area contributed by atoms with Crippen LogP contribution in [0.1, 0.15) is 20.7 Å². The molecule has 0 unspecified atom stereocenters. The van der Waals surface area contributed by atoms with E-state index in [1.54, 1.807) is 29.9 Å². The fraction of sp³-hybridized carbons (Fsp3) is 0.118. The fourth-order valence-corrected chi connectivity index (χ4v) is 3.09. The maximum Gasteiger partial charge on any atom is 0.290 e. The highest BCUT2D eigenvalue weighted by atomic mass is 32.2. The third-order valence-electron chi connectivity index (χ3n) is 3.65. The first-order valence-corrected chi connectivity index (χ1v) is 8.40. The number of hydrogen-bond acceptors (Lipinski definition) is 4. The molecule has 3 aromatic rings. The van der Waals surface area contributed by atoms with Crippen molar-refractivity contribution < 1.29 is 18.4 Å². The van der Waals surface area contributed by atoms with E-state index in [4.69, 9.17) is 0 Å². The summed E-state index contributed by atoms with van der Waals surface area (Å²) in [4.78, 5) is 28.4. The normalized spacial score (nSPS) is 10.9. The number of aryl methyl sites for hydroxylation is 1. The van der Waals surface area contributed by atoms with Crippen molar-refractivity contribution in [3.05, 3.63) is 59.9 Å². The van der Waals surface area contributed by atoms with Gasteiger partial charge >= 0.3 is 0 Å². The minimum atomic E-state index is -2.71. The van der Waals surface area contributed by atoms with Crippen LogP contribution < -0.4 is 10.9 Å². The molecule has 0 atom stereocenters. The molecule has 0 aliphatic rings. The summed E-state index contributed by atoms with van der Waals surface area (Å²) in [6.45, 7) is 0. The smallest absolute Gasteiger partial charge is 0.290 e. The molecular weight excluding hydrogens is 362 g/mol. The van der Waals surface area contributed by atoms with Gasteiger partial charge < -0.3 is 4.57 Å². The highest BCUT2D eigenvalue weighted by Crippen LogP contribution is 2.26. The number of halogens is 2. The zero-order chi connectivity index (χ0) is 18.7. The maximum absolute atomic E-state index is 12.6. The van der Waals surface area contributed by atoms with Gasteiger partial charge in [0, 0.05) is 30.3 Å². The number of pyridine rings is 1. The van der Waals surface area contributed by atoms with Crippen molar-refractivity contribution in [2.24, 2.45) is 7.05 Å². The molecular formula is C17H14F2N4O2S. The van der Waals surface area contributed by atoms with Gasteiger partial charge in [-0.1, -0.05) is 18.2 Å². The Morgan fingerprint density at radius 2 is 1.77 bits per heavy atom. The molecule has 3 rings (SSSR count). The molecule has 0 aliphatic heterocycles. The second-order valence-electron chi connectivity index (χ2n) is 5.31. The van der Waals surface area contributed by atoms with Crippen LogP contribution in [0, 0.1) is 0 Å². The van der Waals surface area contributed by atoms with E-state index in [1.165, 1.54) is 18.3 Å². The van der Waals surface area contributed by atoms with Crippen LogP contribution in [0.15, 0.2) is 53.8 Å². The van der Waals surface area contributed by atoms with Crippen molar-refractivity contribution in [2.75, 3.05) is 0 Å². The zero-order valence-electron chi connectivity index (χ0n) is 13.6. The average molecular weight is 376 g/mol. The van der Waals surface area contributed by atoms with Crippen molar-refractivity contribution >= 4 is 34.5 Å². The quantitative estimate of drug-likeness (QED) is 0.542. The van der Waals surface area contributed by atoms with E-state index in [-0.39, 0.29) is 22.4 Å². The third-order valence-corrected chi connectivity index (χ3v) is 4.37. The molecule has 2 aromatic heterocycles. The molecule has 26 heavy (non-hydrogen) atoms. The molecule has 0 fully saturated rings. The summed E-state index contributed by atoms with van der Waals surface area (Å²) in [7, 11) is 1.81. The molecule has 0 bridgehead atoms. The van der Waals surface area contributed by atoms with Gasteiger partial charge in [0.15, 0.2) is 0 Å². The Balaban J connectivity index is 1.75. The number of amides is 2. The lowest BCUT2D eigenvalue weighted by Gasteiger charge is -2.09. The fourth-order valence-electron chi connectivity index (χ4n) is 2.51. The van der Waals surface area contributed by atoms with Crippen molar-refractivity contribution in [1.29, 1.82) is 0 Å². The molecule has 0 spiro atoms. The maximum atomic E-state index is 12.6. The molecule has 134 valence electrons. The lowest BCUT2D eigenvalue weighted by Crippen LogP contribution is -2.41. The van der Waals surface area contributed by atoms with Gasteiger partial charge in [-0.3, -0.25) is 20.4 Å². The van der Waals surface area contributed by atoms with Gasteiger partial charge in [0.2, 0.25) is 0 Å². The number of nitrogens with one attached hydrogen (secondary N) is 2. The number of carbonyl (C=O) groups excluding carboxylic acids is 2. The number of para-hydroxylation sites is 1. The highest BCUT2D eigenvalue weighted by Gasteiger charge is 2.18. The summed E-state index contributed by atoms with van der Waals surface area (Å²) in [5, 5.41) is 0.622. The van der Waals surface area contributed by atoms with Crippen molar-refractivity contribution in [3.8, 4) is 0 Å². The van der Waals surface area contributed by atoms with Crippen LogP contribution in [0.5, 0.6) is 0 Å². The minimum absolute atomic E-state index is 0.0454. The number of nitrogens with zero attached hydrogens (tertiary/aromatic N) is 2. The van der Waals surface area contributed by atoms with E-state index in [0.717, 1.165) is 10.9 Å². The van der Waals surface area contributed by atoms with Crippen molar-refractivity contribution in [3.63, 3.8) is 0 Å². The van der Waals surface area contributed by atoms with Gasteiger partial charge in [-0.15, -0.1) is 0 Å². The summed E-state index contributed by atoms with van der Waals surface area (Å²) >= 11 is 0.168. The number of benzene rings is 1. The monoisotopic (exact) mass is 376 g/mol. The van der Waals surface area contributed by atoms with Gasteiger partial charge in [0.05, 0.1) is 11.1 Å². The van der Waals surface area contributed by atoms with E-state index in [2.05, 4.69) is 15.8 Å². The van der Waals surface area contributed by atoms with Crippen LogP contribution in [0.25, 0.3) is 10.9 Å². The number of hydrogen-bond donors (Lipinski definition) is 2. The lowest BCUT2D eigenvalue weighted by molar-refractivity contribution is 0.0845. The topological polar surface area (TPSA) is 76.0 Å². The summed E-state index contributed by atoms with van der Waals surface area (Å²) in [6, 6.07) is 10.1. The molecule has 9 heteroatoms. The van der Waals surface area contributed by atoms with Crippen molar-refractivity contribution in [1.82, 2.24) is 20.4 Å². The first-order valence-electron chi connectivity index (χ1n) is 7.52. The summed E-state index contributed by atoms with van der Waals surface area (Å²) in [5.74, 6) is -3.95. The molecule has 6 nitrogen and oxygen atoms in total. The molecule has 0 saturated heterocycles. The predicted molar refractivity (Wildman–Crippen MR) is 93.9 cm³/mol. The third kappa shape index (κ3) is 3.67. The van der Waals surface area contributed by atoms with E-state index in [1.807, 2.05) is 12.1 Å². The molecule has 0 saturated carbocycles. The van der Waals surface area contributed by atoms with Crippen molar-refractivity contribution in [2.45, 2.75) is 10.8 Å². The van der Waals surface area contributed by atoms with Gasteiger partial charge in [-0.05, 0) is 30.0 Å². The second-order valence-corrected chi connectivity index (χ2v) is 6.29. The number of fused-ring (bicyclic) bond motifs is 1. The van der Waals surface area contributed by atoms with Crippen LogP contribution in [0.2, 0.25) is 0 Å². The SMILES string of the molecule is Cn1cc(C(=O)NNC(=O)c2cccnc2SC(F)F)c2ccccc21. The molecule has 2 amide bonds. The Hall–Kier alpha value is -2.94. The van der Waals surface area contributed by atoms with Crippen LogP contribution >= 0.6 is 11.8 Å². The summed E-state index contributed by atoms with van der Waals surface area (Å²) < 4.78 is 26.9. The van der Waals surface area contributed by atoms with E-state index in [0.29, 0.717) is 5.56 Å². The standard InChI is InChI=1S/C17H14F2N4O2S/c1-23-9-12(10-5-2-3-7-13(10)23)15(25)22-21-14(24)11-6-4-8-20-16(11)26-17(18)19/h2-9,17H,1H3,(H,21,24)(H,22,25). The first kappa shape index (κ1) is 17.9. The number of aromatic nitrogens is 2. The Kier molecular flexibility index (Phi) is 5.17. The van der Waals surface area contributed by atoms with E-state index < -0.39 is 17.6 Å². The zero-order valence-corrected chi connectivity index (χ0v) is 14.4. The van der Waals surface area contributed by atoms with Crippen LogP contribution in [-0.2, 0) is 7.05 Å². The number of rotatable bonds is 4. The Bertz CT molecular complexity index is 974. The Labute approximate surface area is 151 Å². The number of carbonyl (C=O) groups is 2. The summed E-state index contributed by atoms with van der Waals surface area (Å²) in [5.41, 5.74) is 5.75. The predicted octanol–water partition coefficient (Wildman–Crippen LogP) is 2.96. The van der Waals surface area contributed by atoms with Crippen LogP contribution in [0.3, 0.4) is 0 Å². The molecule has 2 heterocycles. The lowest BCUT2D eigenvalue weighted by atomic mass is 10.2. The van der Waals surface area contributed by atoms with Gasteiger partial charge in [-0.25, -0.2) is 4.98 Å². The summed E-state index contributed by atoms with van der Waals surface area (Å²) in [6.07, 6.45) is 2.96. The Morgan fingerprint density at radius 3 is 2.50 bits per heavy atom. The average Bonchev–Trinajstić information content (AvgIpc) is 2.97. The van der Waals surface area contributed by atoms with Crippen LogP contribution in [0.4, 0.5) is 8.78 Å². The minimum Gasteiger partial charge on any atom is -0.350 e. The Morgan fingerprint density at radius 1 is 1.08 bits per heavy atom. The van der Waals surface area contributed by atoms with Gasteiger partial charge in [0.25, 0.3) is 17.6 Å². The number of thioether (sulfide) groups is 1. The molecule has 0 radical (unpaired) electrons. The molecule has 0 aliphatic carbocycles. The molecule has 1 aromatic carbocycles. The molecule has 2 N–H and O–H groups in total. The van der Waals surface area contributed by atoms with Crippen LogP contribution in [-0.4, -0.2) is 27.1 Å². The second kappa shape index (κ2) is 7.52. The number of hydrazine groups is 1. The largest absolute Gasteiger partial charge is 0.350 e. The van der Waals surface area contributed by atoms with E-state index in [9.17, 15) is 18.4 Å². The van der Waals surface area contributed by atoms with E-state index >= 15 is 0 Å². The highest BCUT2D eigenvalue weighted by molar-refractivity contribution is 7.99. The number of alkyl halides is 2. The van der Waals surface area contributed by atoms with Gasteiger partial charge in [-0.2, -0.15) is 8.78 Å². The van der Waals surface area contributed by atoms with Gasteiger partial charge in [0.1, 0.15) is 5.03 Å².